The van der Waals surface area contributed by atoms with Crippen molar-refractivity contribution < 1.29 is 24.1 Å². The summed E-state index contributed by atoms with van der Waals surface area (Å²) in [4.78, 5) is 2.43. The fraction of sp³-hybridized carbons (Fsp3) is 0.739. The summed E-state index contributed by atoms with van der Waals surface area (Å²) in [6.07, 6.45) is 1.60. The van der Waals surface area contributed by atoms with E-state index in [9.17, 15) is 0 Å². The summed E-state index contributed by atoms with van der Waals surface area (Å²) >= 11 is 1.79. The van der Waals surface area contributed by atoms with Crippen LogP contribution in [-0.2, 0) is 22.1 Å². The number of aromatic nitrogens is 3. The summed E-state index contributed by atoms with van der Waals surface area (Å²) in [5.41, 5.74) is -0.409. The van der Waals surface area contributed by atoms with Crippen LogP contribution in [0.2, 0.25) is 0 Å². The molecular formula is C23H37N3O5S. The molecule has 1 aliphatic rings. The third kappa shape index (κ3) is 5.74. The minimum Gasteiger partial charge on any atom is -0.488 e. The molecule has 180 valence electrons. The van der Waals surface area contributed by atoms with E-state index < -0.39 is 0 Å². The van der Waals surface area contributed by atoms with Crippen LogP contribution < -0.4 is 14.2 Å². The molecule has 32 heavy (non-hydrogen) atoms. The molecule has 0 unspecified atom stereocenters. The maximum absolute atomic E-state index is 8.82. The zero-order chi connectivity index (χ0) is 23.6. The maximum Gasteiger partial charge on any atom is 0.232 e. The highest BCUT2D eigenvalue weighted by Gasteiger charge is 2.39. The Hall–Kier alpha value is -1.84. The molecule has 0 radical (unpaired) electrons. The van der Waals surface area contributed by atoms with Crippen molar-refractivity contribution in [3.05, 3.63) is 16.0 Å². The lowest BCUT2D eigenvalue weighted by Crippen LogP contribution is -2.37. The second-order valence-electron chi connectivity index (χ2n) is 10.7. The van der Waals surface area contributed by atoms with Gasteiger partial charge < -0.3 is 24.1 Å². The van der Waals surface area contributed by atoms with E-state index in [2.05, 4.69) is 58.8 Å². The number of nitrogens with zero attached hydrogens (tertiary/aromatic N) is 3. The van der Waals surface area contributed by atoms with Gasteiger partial charge in [0, 0.05) is 10.8 Å². The van der Waals surface area contributed by atoms with Gasteiger partial charge in [-0.15, -0.1) is 16.4 Å². The molecule has 2 aromatic heterocycles. The van der Waals surface area contributed by atoms with Crippen molar-refractivity contribution in [2.24, 2.45) is 5.41 Å². The zero-order valence-electron chi connectivity index (χ0n) is 20.4. The largest absolute Gasteiger partial charge is 0.488 e. The summed E-state index contributed by atoms with van der Waals surface area (Å²) in [6.45, 7) is 18.0. The van der Waals surface area contributed by atoms with Gasteiger partial charge in [0.25, 0.3) is 0 Å². The number of hydrogen-bond acceptors (Lipinski definition) is 8. The molecule has 0 aromatic carbocycles. The molecule has 9 heteroatoms. The fourth-order valence-corrected chi connectivity index (χ4v) is 4.65. The molecule has 1 aliphatic heterocycles. The van der Waals surface area contributed by atoms with Crippen molar-refractivity contribution in [1.29, 1.82) is 0 Å². The van der Waals surface area contributed by atoms with Gasteiger partial charge in [-0.2, -0.15) is 0 Å². The highest BCUT2D eigenvalue weighted by atomic mass is 32.1. The van der Waals surface area contributed by atoms with Crippen LogP contribution in [0.5, 0.6) is 17.4 Å². The molecule has 0 saturated carbocycles. The molecule has 0 aliphatic carbocycles. The number of ether oxygens (including phenoxy) is 4. The summed E-state index contributed by atoms with van der Waals surface area (Å²) < 4.78 is 25.9. The number of rotatable bonds is 8. The van der Waals surface area contributed by atoms with Gasteiger partial charge in [0.2, 0.25) is 5.88 Å². The third-order valence-electron chi connectivity index (χ3n) is 5.15. The lowest BCUT2D eigenvalue weighted by molar-refractivity contribution is 0.0567. The first-order valence-electron chi connectivity index (χ1n) is 11.1. The van der Waals surface area contributed by atoms with E-state index in [1.165, 1.54) is 9.75 Å². The Balaban J connectivity index is 1.71. The van der Waals surface area contributed by atoms with Gasteiger partial charge in [-0.1, -0.05) is 46.8 Å². The Morgan fingerprint density at radius 2 is 1.66 bits per heavy atom. The molecule has 0 fully saturated rings. The molecule has 0 amide bonds. The SMILES string of the molecule is CC1(COc2cnnn2CCOCCO)COc2c(C(C)(C)C)sc(C(C)(C)C)c2OC1. The quantitative estimate of drug-likeness (QED) is 0.591. The van der Waals surface area contributed by atoms with Crippen LogP contribution in [0, 0.1) is 5.41 Å². The first kappa shape index (κ1) is 24.8. The molecular weight excluding hydrogens is 430 g/mol. The predicted octanol–water partition coefficient (Wildman–Crippen LogP) is 3.80. The number of fused-ring (bicyclic) bond motifs is 1. The maximum atomic E-state index is 8.82. The number of thiophene rings is 1. The van der Waals surface area contributed by atoms with Crippen molar-refractivity contribution in [2.45, 2.75) is 65.8 Å². The van der Waals surface area contributed by atoms with E-state index in [1.54, 1.807) is 22.2 Å². The molecule has 0 spiro atoms. The number of hydrogen-bond donors (Lipinski definition) is 1. The van der Waals surface area contributed by atoms with E-state index in [1.807, 2.05) is 0 Å². The smallest absolute Gasteiger partial charge is 0.232 e. The van der Waals surface area contributed by atoms with E-state index in [-0.39, 0.29) is 22.9 Å². The molecule has 2 aromatic rings. The zero-order valence-corrected chi connectivity index (χ0v) is 21.2. The Kier molecular flexibility index (Phi) is 7.41. The van der Waals surface area contributed by atoms with E-state index >= 15 is 0 Å². The monoisotopic (exact) mass is 467 g/mol. The van der Waals surface area contributed by atoms with E-state index in [4.69, 9.17) is 24.1 Å². The van der Waals surface area contributed by atoms with Crippen molar-refractivity contribution in [2.75, 3.05) is 39.6 Å². The van der Waals surface area contributed by atoms with Crippen LogP contribution in [0.25, 0.3) is 0 Å². The lowest BCUT2D eigenvalue weighted by atomic mass is 9.91. The summed E-state index contributed by atoms with van der Waals surface area (Å²) in [5, 5.41) is 16.8. The molecule has 1 N–H and O–H groups in total. The summed E-state index contributed by atoms with van der Waals surface area (Å²) in [5.74, 6) is 2.33. The van der Waals surface area contributed by atoms with Crippen LogP contribution in [0.1, 0.15) is 58.2 Å². The normalized spacial score (nSPS) is 16.1. The first-order valence-corrected chi connectivity index (χ1v) is 11.9. The minimum absolute atomic E-state index is 0.00169. The molecule has 3 rings (SSSR count). The number of aliphatic hydroxyl groups excluding tert-OH is 1. The Bertz CT molecular complexity index is 854. The molecule has 0 saturated heterocycles. The van der Waals surface area contributed by atoms with Crippen LogP contribution in [0.3, 0.4) is 0 Å². The average Bonchev–Trinajstić information content (AvgIpc) is 3.26. The second-order valence-corrected chi connectivity index (χ2v) is 11.7. The van der Waals surface area contributed by atoms with Crippen molar-refractivity contribution >= 4 is 11.3 Å². The van der Waals surface area contributed by atoms with Crippen molar-refractivity contribution in [3.8, 4) is 17.4 Å². The van der Waals surface area contributed by atoms with Crippen LogP contribution in [-0.4, -0.2) is 59.7 Å². The Labute approximate surface area is 194 Å². The highest BCUT2D eigenvalue weighted by molar-refractivity contribution is 7.13. The van der Waals surface area contributed by atoms with Gasteiger partial charge in [-0.05, 0) is 6.92 Å². The van der Waals surface area contributed by atoms with Crippen LogP contribution in [0.4, 0.5) is 0 Å². The average molecular weight is 468 g/mol. The lowest BCUT2D eigenvalue weighted by Gasteiger charge is -2.27. The summed E-state index contributed by atoms with van der Waals surface area (Å²) in [6, 6.07) is 0. The van der Waals surface area contributed by atoms with Crippen LogP contribution >= 0.6 is 11.3 Å². The summed E-state index contributed by atoms with van der Waals surface area (Å²) in [7, 11) is 0. The second kappa shape index (κ2) is 9.57. The van der Waals surface area contributed by atoms with Crippen LogP contribution in [0.15, 0.2) is 6.20 Å². The van der Waals surface area contributed by atoms with E-state index in [0.29, 0.717) is 45.5 Å². The molecule has 8 nitrogen and oxygen atoms in total. The number of aliphatic hydroxyl groups is 1. The Morgan fingerprint density at radius 1 is 1.06 bits per heavy atom. The minimum atomic E-state index is -0.344. The van der Waals surface area contributed by atoms with E-state index in [0.717, 1.165) is 11.5 Å². The van der Waals surface area contributed by atoms with Gasteiger partial charge in [-0.3, -0.25) is 0 Å². The van der Waals surface area contributed by atoms with Crippen molar-refractivity contribution in [1.82, 2.24) is 15.0 Å². The van der Waals surface area contributed by atoms with Gasteiger partial charge in [0.15, 0.2) is 11.5 Å². The molecule has 0 atom stereocenters. The molecule has 3 heterocycles. The van der Waals surface area contributed by atoms with Gasteiger partial charge in [0.1, 0.15) is 26.0 Å². The van der Waals surface area contributed by atoms with Gasteiger partial charge >= 0.3 is 0 Å². The van der Waals surface area contributed by atoms with Crippen molar-refractivity contribution in [3.63, 3.8) is 0 Å². The first-order chi connectivity index (χ1) is 14.9. The highest BCUT2D eigenvalue weighted by Crippen LogP contribution is 2.53. The predicted molar refractivity (Wildman–Crippen MR) is 124 cm³/mol. The Morgan fingerprint density at radius 3 is 2.19 bits per heavy atom. The topological polar surface area (TPSA) is 87.9 Å². The third-order valence-corrected chi connectivity index (χ3v) is 7.15. The fourth-order valence-electron chi connectivity index (χ4n) is 3.35. The van der Waals surface area contributed by atoms with Gasteiger partial charge in [-0.25, -0.2) is 4.68 Å². The van der Waals surface area contributed by atoms with Gasteiger partial charge in [0.05, 0.1) is 41.5 Å². The standard InChI is InChI=1S/C23H37N3O5S/c1-21(2,3)19-17-18(20(32-19)22(4,5)6)31-15-23(7,14-30-17)13-29-16-12-24-25-26(16)8-10-28-11-9-27/h12,27H,8-11,13-15H2,1-7H3. The molecule has 0 bridgehead atoms.